The maximum atomic E-state index is 12.7. The lowest BCUT2D eigenvalue weighted by atomic mass is 10.00. The largest absolute Gasteiger partial charge is 0.435 e. The smallest absolute Gasteiger partial charge is 0.294 e. The standard InChI is InChI=1S/C17H18F3N3OS/c1-23(15-9-8-14(21-22-15)17(18,19)20)16(24)13-10-11-6-4-2-3-5-7-12(11)25-13/h8-10H,2-7H2,1H3. The first-order valence-corrected chi connectivity index (χ1v) is 8.98. The van der Waals surface area contributed by atoms with Crippen molar-refractivity contribution in [1.29, 1.82) is 0 Å². The highest BCUT2D eigenvalue weighted by Gasteiger charge is 2.33. The van der Waals surface area contributed by atoms with Gasteiger partial charge in [-0.15, -0.1) is 21.5 Å². The molecule has 2 aromatic heterocycles. The summed E-state index contributed by atoms with van der Waals surface area (Å²) in [4.78, 5) is 15.7. The highest BCUT2D eigenvalue weighted by atomic mass is 32.1. The van der Waals surface area contributed by atoms with Gasteiger partial charge >= 0.3 is 6.18 Å². The molecule has 3 rings (SSSR count). The molecule has 0 saturated heterocycles. The van der Waals surface area contributed by atoms with Gasteiger partial charge < -0.3 is 0 Å². The zero-order valence-corrected chi connectivity index (χ0v) is 14.6. The average Bonchev–Trinajstić information content (AvgIpc) is 2.95. The zero-order valence-electron chi connectivity index (χ0n) is 13.8. The Labute approximate surface area is 147 Å². The molecular weight excluding hydrogens is 351 g/mol. The van der Waals surface area contributed by atoms with Crippen LogP contribution in [0.15, 0.2) is 18.2 Å². The van der Waals surface area contributed by atoms with E-state index < -0.39 is 11.9 Å². The van der Waals surface area contributed by atoms with Crippen molar-refractivity contribution in [3.8, 4) is 0 Å². The van der Waals surface area contributed by atoms with Crippen molar-refractivity contribution in [2.45, 2.75) is 44.7 Å². The van der Waals surface area contributed by atoms with Crippen LogP contribution in [-0.4, -0.2) is 23.2 Å². The van der Waals surface area contributed by atoms with E-state index in [2.05, 4.69) is 10.2 Å². The summed E-state index contributed by atoms with van der Waals surface area (Å²) in [6, 6.07) is 3.92. The van der Waals surface area contributed by atoms with Crippen LogP contribution in [0.3, 0.4) is 0 Å². The predicted molar refractivity (Wildman–Crippen MR) is 90.0 cm³/mol. The molecule has 0 N–H and O–H groups in total. The van der Waals surface area contributed by atoms with Gasteiger partial charge in [-0.25, -0.2) is 0 Å². The van der Waals surface area contributed by atoms with Crippen LogP contribution in [0.4, 0.5) is 19.0 Å². The molecule has 25 heavy (non-hydrogen) atoms. The fraction of sp³-hybridized carbons (Fsp3) is 0.471. The Hall–Kier alpha value is -1.96. The molecule has 0 atom stereocenters. The van der Waals surface area contributed by atoms with Gasteiger partial charge in [0.15, 0.2) is 11.5 Å². The third kappa shape index (κ3) is 4.00. The quantitative estimate of drug-likeness (QED) is 0.783. The number of halogens is 3. The predicted octanol–water partition coefficient (Wildman–Crippen LogP) is 4.49. The van der Waals surface area contributed by atoms with E-state index in [1.54, 1.807) is 0 Å². The third-order valence-electron chi connectivity index (χ3n) is 4.30. The molecule has 0 unspecified atom stereocenters. The van der Waals surface area contributed by atoms with Crippen molar-refractivity contribution >= 4 is 23.1 Å². The summed E-state index contributed by atoms with van der Waals surface area (Å²) >= 11 is 1.48. The highest BCUT2D eigenvalue weighted by Crippen LogP contribution is 2.30. The van der Waals surface area contributed by atoms with Gasteiger partial charge in [0.25, 0.3) is 5.91 Å². The molecule has 0 fully saturated rings. The van der Waals surface area contributed by atoms with E-state index in [9.17, 15) is 18.0 Å². The number of hydrogen-bond acceptors (Lipinski definition) is 4. The molecule has 4 nitrogen and oxygen atoms in total. The maximum Gasteiger partial charge on any atom is 0.435 e. The lowest BCUT2D eigenvalue weighted by molar-refractivity contribution is -0.141. The summed E-state index contributed by atoms with van der Waals surface area (Å²) in [5, 5.41) is 6.71. The van der Waals surface area contributed by atoms with Gasteiger partial charge in [0, 0.05) is 11.9 Å². The topological polar surface area (TPSA) is 46.1 Å². The summed E-state index contributed by atoms with van der Waals surface area (Å²) in [7, 11) is 1.50. The van der Waals surface area contributed by atoms with Gasteiger partial charge in [-0.05, 0) is 49.4 Å². The molecule has 0 radical (unpaired) electrons. The number of aryl methyl sites for hydroxylation is 2. The van der Waals surface area contributed by atoms with Crippen molar-refractivity contribution in [3.05, 3.63) is 39.2 Å². The van der Waals surface area contributed by atoms with Crippen LogP contribution >= 0.6 is 11.3 Å². The number of nitrogens with zero attached hydrogens (tertiary/aromatic N) is 3. The summed E-state index contributed by atoms with van der Waals surface area (Å²) in [5.74, 6) is -0.176. The molecule has 0 aromatic carbocycles. The Bertz CT molecular complexity index is 730. The lowest BCUT2D eigenvalue weighted by Gasteiger charge is -2.15. The van der Waals surface area contributed by atoms with Crippen LogP contribution in [0, 0.1) is 0 Å². The van der Waals surface area contributed by atoms with E-state index in [0.29, 0.717) is 4.88 Å². The number of aromatic nitrogens is 2. The summed E-state index contributed by atoms with van der Waals surface area (Å²) in [6.07, 6.45) is 2.08. The fourth-order valence-electron chi connectivity index (χ4n) is 2.87. The first kappa shape index (κ1) is 17.8. The van der Waals surface area contributed by atoms with Gasteiger partial charge in [0.2, 0.25) is 0 Å². The van der Waals surface area contributed by atoms with Crippen LogP contribution < -0.4 is 4.90 Å². The maximum absolute atomic E-state index is 12.7. The number of thiophene rings is 1. The van der Waals surface area contributed by atoms with Crippen molar-refractivity contribution in [2.75, 3.05) is 11.9 Å². The van der Waals surface area contributed by atoms with E-state index in [-0.39, 0.29) is 11.7 Å². The van der Waals surface area contributed by atoms with Crippen molar-refractivity contribution in [3.63, 3.8) is 0 Å². The highest BCUT2D eigenvalue weighted by molar-refractivity contribution is 7.14. The van der Waals surface area contributed by atoms with Crippen LogP contribution in [0.2, 0.25) is 0 Å². The van der Waals surface area contributed by atoms with Crippen LogP contribution in [-0.2, 0) is 19.0 Å². The number of fused-ring (bicyclic) bond motifs is 1. The Morgan fingerprint density at radius 1 is 1.12 bits per heavy atom. The first-order chi connectivity index (χ1) is 11.9. The minimum Gasteiger partial charge on any atom is -0.294 e. The Morgan fingerprint density at radius 2 is 1.84 bits per heavy atom. The van der Waals surface area contributed by atoms with E-state index in [4.69, 9.17) is 0 Å². The van der Waals surface area contributed by atoms with Crippen molar-refractivity contribution < 1.29 is 18.0 Å². The molecule has 2 heterocycles. The Morgan fingerprint density at radius 3 is 2.48 bits per heavy atom. The van der Waals surface area contributed by atoms with E-state index in [0.717, 1.165) is 37.8 Å². The molecule has 0 aliphatic heterocycles. The number of rotatable bonds is 2. The number of anilines is 1. The SMILES string of the molecule is CN(C(=O)c1cc2c(s1)CCCCCC2)c1ccc(C(F)(F)F)nn1. The fourth-order valence-corrected chi connectivity index (χ4v) is 4.10. The monoisotopic (exact) mass is 369 g/mol. The zero-order chi connectivity index (χ0) is 18.0. The Balaban J connectivity index is 1.79. The summed E-state index contributed by atoms with van der Waals surface area (Å²) < 4.78 is 37.7. The molecule has 134 valence electrons. The molecule has 0 spiro atoms. The second-order valence-corrected chi connectivity index (χ2v) is 7.25. The summed E-state index contributed by atoms with van der Waals surface area (Å²) in [6.45, 7) is 0. The van der Waals surface area contributed by atoms with E-state index in [1.807, 2.05) is 6.07 Å². The van der Waals surface area contributed by atoms with Crippen LogP contribution in [0.25, 0.3) is 0 Å². The van der Waals surface area contributed by atoms with Crippen molar-refractivity contribution in [1.82, 2.24) is 10.2 Å². The normalized spacial score (nSPS) is 15.2. The molecule has 1 aliphatic rings. The van der Waals surface area contributed by atoms with E-state index in [1.165, 1.54) is 46.6 Å². The third-order valence-corrected chi connectivity index (χ3v) is 5.52. The van der Waals surface area contributed by atoms with Gasteiger partial charge in [0.1, 0.15) is 0 Å². The molecule has 0 saturated carbocycles. The molecule has 1 amide bonds. The molecule has 2 aromatic rings. The number of carbonyl (C=O) groups is 1. The van der Waals surface area contributed by atoms with Gasteiger partial charge in [0.05, 0.1) is 4.88 Å². The van der Waals surface area contributed by atoms with E-state index >= 15 is 0 Å². The Kier molecular flexibility index (Phi) is 5.08. The number of hydrogen-bond donors (Lipinski definition) is 0. The van der Waals surface area contributed by atoms with Crippen LogP contribution in [0.5, 0.6) is 0 Å². The van der Waals surface area contributed by atoms with Crippen LogP contribution in [0.1, 0.15) is 51.5 Å². The second kappa shape index (κ2) is 7.11. The minimum absolute atomic E-state index is 0.0961. The number of amides is 1. The molecule has 1 aliphatic carbocycles. The summed E-state index contributed by atoms with van der Waals surface area (Å²) in [5.41, 5.74) is 0.149. The average molecular weight is 369 g/mol. The molecular formula is C17H18F3N3OS. The first-order valence-electron chi connectivity index (χ1n) is 8.17. The molecule has 0 bridgehead atoms. The number of carbonyl (C=O) groups excluding carboxylic acids is 1. The van der Waals surface area contributed by atoms with Crippen molar-refractivity contribution in [2.24, 2.45) is 0 Å². The number of alkyl halides is 3. The van der Waals surface area contributed by atoms with Gasteiger partial charge in [-0.1, -0.05) is 12.8 Å². The lowest BCUT2D eigenvalue weighted by Crippen LogP contribution is -2.27. The van der Waals surface area contributed by atoms with Gasteiger partial charge in [-0.2, -0.15) is 13.2 Å². The molecule has 8 heteroatoms. The minimum atomic E-state index is -4.54. The second-order valence-electron chi connectivity index (χ2n) is 6.11. The van der Waals surface area contributed by atoms with Gasteiger partial charge in [-0.3, -0.25) is 9.69 Å².